The third kappa shape index (κ3) is 23.3. The quantitative estimate of drug-likeness (QED) is 0.111. The predicted octanol–water partition coefficient (Wildman–Crippen LogP) is 9.69. The smallest absolute Gasteiger partial charge is 1.00 e. The van der Waals surface area contributed by atoms with E-state index < -0.39 is 69.4 Å². The number of fused-ring (bicyclic) bond motifs is 6. The molecule has 9 aromatic rings. The van der Waals surface area contributed by atoms with E-state index in [1.807, 2.05) is 62.4 Å². The Morgan fingerprint density at radius 1 is 0.436 bits per heavy atom. The molecule has 3 aromatic heterocycles. The summed E-state index contributed by atoms with van der Waals surface area (Å²) in [5, 5.41) is 2.54. The van der Waals surface area contributed by atoms with Gasteiger partial charge in [0, 0.05) is 81.5 Å². The molecule has 1 saturated heterocycles. The Bertz CT molecular complexity index is 4770. The van der Waals surface area contributed by atoms with Crippen LogP contribution < -0.4 is 48.5 Å². The van der Waals surface area contributed by atoms with Gasteiger partial charge in [-0.25, -0.2) is 92.6 Å². The molecule has 0 N–H and O–H groups in total. The number of halogens is 5. The van der Waals surface area contributed by atoms with Crippen molar-refractivity contribution in [3.05, 3.63) is 180 Å². The summed E-state index contributed by atoms with van der Waals surface area (Å²) in [6.07, 6.45) is 15.2. The Balaban J connectivity index is 0.000000247. The van der Waals surface area contributed by atoms with Crippen LogP contribution in [-0.4, -0.2) is 138 Å². The molecule has 20 nitrogen and oxygen atoms in total. The van der Waals surface area contributed by atoms with Crippen molar-refractivity contribution in [1.29, 1.82) is 0 Å². The van der Waals surface area contributed by atoms with Gasteiger partial charge in [0.05, 0.1) is 56.3 Å². The van der Waals surface area contributed by atoms with E-state index in [2.05, 4.69) is 47.9 Å². The third-order valence-corrected chi connectivity index (χ3v) is 19.7. The van der Waals surface area contributed by atoms with Crippen molar-refractivity contribution in [3.63, 3.8) is 0 Å². The van der Waals surface area contributed by atoms with Crippen LogP contribution in [0.2, 0.25) is 0 Å². The monoisotopic (exact) mass is 1530 g/mol. The van der Waals surface area contributed by atoms with Crippen molar-refractivity contribution in [3.8, 4) is 23.0 Å². The Kier molecular flexibility index (Phi) is 29.7. The third-order valence-electron chi connectivity index (χ3n) is 13.6. The number of allylic oxidation sites excluding steroid dienone is 2. The van der Waals surface area contributed by atoms with Gasteiger partial charge < -0.3 is 25.1 Å². The average molecular weight is 1530 g/mol. The van der Waals surface area contributed by atoms with E-state index in [-0.39, 0.29) is 45.7 Å². The predicted molar refractivity (Wildman–Crippen MR) is 373 cm³/mol. The molecule has 94 heavy (non-hydrogen) atoms. The Morgan fingerprint density at radius 2 is 0.787 bits per heavy atom. The minimum atomic E-state index is -3.80. The fourth-order valence-electron chi connectivity index (χ4n) is 9.43. The van der Waals surface area contributed by atoms with Crippen LogP contribution in [0.25, 0.3) is 38.3 Å². The molecule has 0 unspecified atom stereocenters. The molecule has 0 bridgehead atoms. The van der Waals surface area contributed by atoms with Crippen LogP contribution in [0, 0.1) is 20.8 Å². The maximum Gasteiger partial charge on any atom is 1.00 e. The number of aryl methyl sites for hydroxylation is 3. The maximum absolute atomic E-state index is 13.1. The van der Waals surface area contributed by atoms with Crippen molar-refractivity contribution in [2.45, 2.75) is 61.6 Å². The summed E-state index contributed by atoms with van der Waals surface area (Å²) < 4.78 is 166. The molecular weight excluding hydrogens is 1470 g/mol. The molecule has 6 aromatic carbocycles. The minimum Gasteiger partial charge on any atom is -1.00 e. The van der Waals surface area contributed by atoms with Crippen molar-refractivity contribution >= 4 is 159 Å². The molecule has 13 rings (SSSR count). The molecule has 6 heterocycles. The first-order chi connectivity index (χ1) is 43.4. The number of rotatable bonds is 6. The van der Waals surface area contributed by atoms with Crippen molar-refractivity contribution < 1.29 is 105 Å². The molecule has 0 atom stereocenters. The summed E-state index contributed by atoms with van der Waals surface area (Å²) in [4.78, 5) is 0.191. The van der Waals surface area contributed by atoms with Crippen LogP contribution in [0.3, 0.4) is 0 Å². The van der Waals surface area contributed by atoms with Gasteiger partial charge in [0.1, 0.15) is 26.4 Å². The van der Waals surface area contributed by atoms with Crippen LogP contribution in [0.5, 0.6) is 23.0 Å². The molecule has 0 amide bonds. The zero-order chi connectivity index (χ0) is 68.9. The minimum absolute atomic E-state index is 0. The fourth-order valence-corrected chi connectivity index (χ4v) is 14.1. The summed E-state index contributed by atoms with van der Waals surface area (Å²) in [5.74, 6) is 1.86. The molecule has 3 aliphatic heterocycles. The Hall–Kier alpha value is -4.48. The Labute approximate surface area is 599 Å². The second-order valence-electron chi connectivity index (χ2n) is 20.9. The first-order valence-electron chi connectivity index (χ1n) is 27.9. The molecular formula is C61H68AlCl5N3NaO17S6. The van der Waals surface area contributed by atoms with Crippen molar-refractivity contribution in [2.24, 2.45) is 0 Å². The van der Waals surface area contributed by atoms with Gasteiger partial charge in [0.2, 0.25) is 49.0 Å². The second kappa shape index (κ2) is 34.8. The van der Waals surface area contributed by atoms with E-state index in [4.69, 9.17) is 64.5 Å². The van der Waals surface area contributed by atoms with Gasteiger partial charge in [0.15, 0.2) is 23.0 Å². The van der Waals surface area contributed by atoms with E-state index in [0.29, 0.717) is 65.9 Å². The van der Waals surface area contributed by atoms with Crippen molar-refractivity contribution in [2.75, 3.05) is 64.7 Å². The molecule has 0 radical (unpaired) electrons. The van der Waals surface area contributed by atoms with E-state index >= 15 is 0 Å². The molecule has 0 spiro atoms. The summed E-state index contributed by atoms with van der Waals surface area (Å²) in [7, 11) is 3.95. The average Bonchev–Trinajstić information content (AvgIpc) is 1.73. The van der Waals surface area contributed by atoms with Crippen LogP contribution in [-0.2, 0) is 69.2 Å². The second-order valence-corrected chi connectivity index (χ2v) is 40.4. The zero-order valence-corrected chi connectivity index (χ0v) is 64.3. The maximum atomic E-state index is 13.1. The van der Waals surface area contributed by atoms with Gasteiger partial charge in [-0.1, -0.05) is 66.7 Å². The molecule has 0 saturated carbocycles. The summed E-state index contributed by atoms with van der Waals surface area (Å²) in [5.41, 5.74) is 8.89. The number of ether oxygens (including phenoxy) is 5. The summed E-state index contributed by atoms with van der Waals surface area (Å²) in [6, 6.07) is 36.7. The number of hydrogen-bond donors (Lipinski definition) is 0. The van der Waals surface area contributed by atoms with Crippen molar-refractivity contribution in [1.82, 2.24) is 11.9 Å². The van der Waals surface area contributed by atoms with Gasteiger partial charge in [-0.3, -0.25) is 0 Å². The Morgan fingerprint density at radius 3 is 1.19 bits per heavy atom. The number of hydrogen-bond acceptors (Lipinski definition) is 17. The van der Waals surface area contributed by atoms with Crippen LogP contribution in [0.4, 0.5) is 0 Å². The number of nitrogens with zero attached hydrogens (tertiary/aromatic N) is 3. The first-order valence-corrected chi connectivity index (χ1v) is 45.2. The van der Waals surface area contributed by atoms with E-state index in [1.165, 1.54) is 105 Å². The van der Waals surface area contributed by atoms with Gasteiger partial charge >= 0.3 is 40.9 Å². The normalized spacial score (nSPS) is 13.8. The van der Waals surface area contributed by atoms with Gasteiger partial charge in [-0.05, 0) is 135 Å². The number of aromatic nitrogens is 3. The van der Waals surface area contributed by atoms with Crippen LogP contribution in [0.1, 0.15) is 49.0 Å². The molecule has 1 fully saturated rings. The van der Waals surface area contributed by atoms with E-state index in [0.717, 1.165) is 69.1 Å². The molecule has 1 aliphatic carbocycles. The van der Waals surface area contributed by atoms with Gasteiger partial charge in [0.25, 0.3) is 9.05 Å². The van der Waals surface area contributed by atoms with Gasteiger partial charge in [-0.15, -0.1) is 0 Å². The standard InChI is InChI=1S/C18H17NO6S2.2C10H11NO2S.C10H10.C8H7ClO4S.C4H8O.CH3ClO2S.Al.3ClH.Na.H/c1-12-11-19(26(2,20)21)16-5-3-13(9-15(12)16)27(22,23)14-4-6-17-18(10-14)25-8-7-24-17;2*1-8-7-11(14(2,12)13)10-6-4-3-5-9(8)10;1-8-6-7-9-4-2-3-5-10(8)9;9-14(10,11)6-1-2-7-8(5-6)13-4-3-12-7;1-2-4-5-3-1;1-5(2,3)4;;;;;;/h3-6,9-11H,7-8H2,1-2H3;2*3-7H,1-2H3;2-6H,7H2,1H3;1-2,5H,3-4H2;1-4H2;1H3;;3*1H;;/q;;;;;;;+3;;;;+1;-1/p-3. The summed E-state index contributed by atoms with van der Waals surface area (Å²) in [6.45, 7) is 11.4. The summed E-state index contributed by atoms with van der Waals surface area (Å²) >= 11 is -1.72. The largest absolute Gasteiger partial charge is 1.00 e. The molecule has 33 heteroatoms. The topological polar surface area (TPSA) is 266 Å². The van der Waals surface area contributed by atoms with Crippen LogP contribution >= 0.6 is 51.5 Å². The number of para-hydroxylation sites is 2. The van der Waals surface area contributed by atoms with E-state index in [1.54, 1.807) is 25.4 Å². The van der Waals surface area contributed by atoms with E-state index in [9.17, 15) is 50.5 Å². The zero-order valence-electron chi connectivity index (χ0n) is 53.5. The molecule has 4 aliphatic rings. The fraction of sp³-hybridized carbons (Fsp3) is 0.279. The van der Waals surface area contributed by atoms with Crippen LogP contribution in [0.15, 0.2) is 167 Å². The molecule has 504 valence electrons. The number of sulfone groups is 1. The SMILES string of the molecule is C1CCOC1.CC1=CCc2ccccc21.CS(=O)(=O)Cl.Cc1cn(S(C)(=O)=O)c2ccc(S(=O)(=O)c3ccc4c(c3)OCCO4)cc12.Cc1cn(S(C)(=O)=O)c2ccccc12.Cc1cn(S(C)(=O)=O)c2ccccc12.O=S(=O)(Cl)c1ccc2c(c1)OCCO2.[Cl][Al]([Cl])[Cl].[H-].[Na+]. The van der Waals surface area contributed by atoms with Gasteiger partial charge in [-0.2, -0.15) is 0 Å². The first kappa shape index (κ1) is 80.2. The number of benzene rings is 6.